The molecule has 0 bridgehead atoms. The molecule has 104 valence electrons. The number of amides is 2. The van der Waals surface area contributed by atoms with Gasteiger partial charge in [-0.15, -0.1) is 0 Å². The van der Waals surface area contributed by atoms with Crippen molar-refractivity contribution in [3.05, 3.63) is 23.7 Å². The fourth-order valence-electron chi connectivity index (χ4n) is 2.13. The van der Waals surface area contributed by atoms with E-state index in [9.17, 15) is 9.59 Å². The zero-order chi connectivity index (χ0) is 13.9. The Morgan fingerprint density at radius 2 is 2.11 bits per heavy atom. The Labute approximate surface area is 111 Å². The van der Waals surface area contributed by atoms with Crippen molar-refractivity contribution in [3.8, 4) is 0 Å². The number of hydrogen-bond donors (Lipinski definition) is 3. The highest BCUT2D eigenvalue weighted by molar-refractivity contribution is 5.78. The highest BCUT2D eigenvalue weighted by Crippen LogP contribution is 2.40. The summed E-state index contributed by atoms with van der Waals surface area (Å²) in [6.07, 6.45) is 2.15. The van der Waals surface area contributed by atoms with E-state index in [4.69, 9.17) is 9.52 Å². The molecule has 1 aliphatic carbocycles. The Hall–Kier alpha value is -1.98. The van der Waals surface area contributed by atoms with Gasteiger partial charge in [-0.25, -0.2) is 4.79 Å². The van der Waals surface area contributed by atoms with Gasteiger partial charge in [-0.3, -0.25) is 4.79 Å². The van der Waals surface area contributed by atoms with Crippen LogP contribution in [0.5, 0.6) is 0 Å². The zero-order valence-corrected chi connectivity index (χ0v) is 10.9. The largest absolute Gasteiger partial charge is 0.481 e. The number of carboxylic acid groups (broad SMARTS) is 1. The molecular formula is C13H18N2O4. The standard InChI is InChI=1S/C13H18N2O4/c1-9-3-4-10(19-9)7-14-12(18)15-8-13(11(16)17)5-2-6-13/h3-4H,2,5-8H2,1H3,(H,16,17)(H2,14,15,18). The second kappa shape index (κ2) is 5.34. The minimum atomic E-state index is -0.833. The van der Waals surface area contributed by atoms with Crippen molar-refractivity contribution in [2.45, 2.75) is 32.7 Å². The van der Waals surface area contributed by atoms with E-state index in [0.717, 1.165) is 12.2 Å². The van der Waals surface area contributed by atoms with Gasteiger partial charge < -0.3 is 20.2 Å². The van der Waals surface area contributed by atoms with Crippen molar-refractivity contribution in [2.24, 2.45) is 5.41 Å². The minimum absolute atomic E-state index is 0.172. The van der Waals surface area contributed by atoms with Crippen LogP contribution < -0.4 is 10.6 Å². The van der Waals surface area contributed by atoms with Gasteiger partial charge in [0.2, 0.25) is 0 Å². The molecule has 0 unspecified atom stereocenters. The van der Waals surface area contributed by atoms with Crippen LogP contribution in [-0.2, 0) is 11.3 Å². The normalized spacial score (nSPS) is 16.5. The molecule has 1 aromatic rings. The van der Waals surface area contributed by atoms with Crippen LogP contribution >= 0.6 is 0 Å². The Morgan fingerprint density at radius 3 is 2.58 bits per heavy atom. The molecule has 3 N–H and O–H groups in total. The topological polar surface area (TPSA) is 91.6 Å². The molecule has 1 saturated carbocycles. The quantitative estimate of drug-likeness (QED) is 0.755. The summed E-state index contributed by atoms with van der Waals surface area (Å²) < 4.78 is 5.31. The van der Waals surface area contributed by atoms with E-state index in [1.165, 1.54) is 0 Å². The third-order valence-corrected chi connectivity index (χ3v) is 3.57. The van der Waals surface area contributed by atoms with Gasteiger partial charge in [0.15, 0.2) is 0 Å². The van der Waals surface area contributed by atoms with Crippen molar-refractivity contribution in [1.82, 2.24) is 10.6 Å². The molecule has 0 aliphatic heterocycles. The second-order valence-electron chi connectivity index (χ2n) is 4.99. The predicted octanol–water partition coefficient (Wildman–Crippen LogP) is 1.64. The average molecular weight is 266 g/mol. The molecule has 1 aliphatic rings. The lowest BCUT2D eigenvalue weighted by atomic mass is 9.69. The first-order valence-corrected chi connectivity index (χ1v) is 6.32. The minimum Gasteiger partial charge on any atom is -0.481 e. The number of carbonyl (C=O) groups is 2. The number of carbonyl (C=O) groups excluding carboxylic acids is 1. The Bertz CT molecular complexity index is 477. The van der Waals surface area contributed by atoms with E-state index in [1.54, 1.807) is 6.07 Å². The molecule has 2 amide bonds. The summed E-state index contributed by atoms with van der Waals surface area (Å²) in [5.74, 6) is 0.626. The van der Waals surface area contributed by atoms with Crippen molar-refractivity contribution >= 4 is 12.0 Å². The number of nitrogens with one attached hydrogen (secondary N) is 2. The van der Waals surface area contributed by atoms with E-state index in [2.05, 4.69) is 10.6 Å². The Morgan fingerprint density at radius 1 is 1.37 bits per heavy atom. The molecule has 6 heteroatoms. The van der Waals surface area contributed by atoms with E-state index in [-0.39, 0.29) is 12.6 Å². The fraction of sp³-hybridized carbons (Fsp3) is 0.538. The predicted molar refractivity (Wildman–Crippen MR) is 67.6 cm³/mol. The zero-order valence-electron chi connectivity index (χ0n) is 10.9. The summed E-state index contributed by atoms with van der Waals surface area (Å²) in [6, 6.07) is 3.24. The fourth-order valence-corrected chi connectivity index (χ4v) is 2.13. The summed E-state index contributed by atoms with van der Waals surface area (Å²) in [4.78, 5) is 22.7. The van der Waals surface area contributed by atoms with Crippen LogP contribution in [0, 0.1) is 12.3 Å². The number of urea groups is 1. The first-order valence-electron chi connectivity index (χ1n) is 6.32. The van der Waals surface area contributed by atoms with E-state index in [1.807, 2.05) is 13.0 Å². The summed E-state index contributed by atoms with van der Waals surface area (Å²) in [5, 5.41) is 14.4. The number of furan rings is 1. The monoisotopic (exact) mass is 266 g/mol. The van der Waals surface area contributed by atoms with Gasteiger partial charge in [0.1, 0.15) is 11.5 Å². The van der Waals surface area contributed by atoms with Crippen molar-refractivity contribution in [3.63, 3.8) is 0 Å². The van der Waals surface area contributed by atoms with Crippen molar-refractivity contribution in [1.29, 1.82) is 0 Å². The number of aliphatic carboxylic acids is 1. The van der Waals surface area contributed by atoms with Crippen LogP contribution in [0.15, 0.2) is 16.5 Å². The molecule has 1 heterocycles. The maximum Gasteiger partial charge on any atom is 0.315 e. The average Bonchev–Trinajstić information content (AvgIpc) is 2.70. The highest BCUT2D eigenvalue weighted by Gasteiger charge is 2.44. The van der Waals surface area contributed by atoms with Gasteiger partial charge >= 0.3 is 12.0 Å². The van der Waals surface area contributed by atoms with E-state index < -0.39 is 11.4 Å². The lowest BCUT2D eigenvalue weighted by Crippen LogP contribution is -2.49. The van der Waals surface area contributed by atoms with Crippen molar-refractivity contribution < 1.29 is 19.1 Å². The first-order chi connectivity index (χ1) is 9.02. The van der Waals surface area contributed by atoms with Crippen LogP contribution in [0.1, 0.15) is 30.8 Å². The SMILES string of the molecule is Cc1ccc(CNC(=O)NCC2(C(=O)O)CCC2)o1. The van der Waals surface area contributed by atoms with Gasteiger partial charge in [0.05, 0.1) is 12.0 Å². The molecular weight excluding hydrogens is 248 g/mol. The lowest BCUT2D eigenvalue weighted by Gasteiger charge is -2.37. The number of rotatable bonds is 5. The Balaban J connectivity index is 1.74. The van der Waals surface area contributed by atoms with E-state index >= 15 is 0 Å². The molecule has 6 nitrogen and oxygen atoms in total. The molecule has 0 radical (unpaired) electrons. The third kappa shape index (κ3) is 3.07. The summed E-state index contributed by atoms with van der Waals surface area (Å²) in [7, 11) is 0. The second-order valence-corrected chi connectivity index (χ2v) is 4.99. The van der Waals surface area contributed by atoms with Crippen LogP contribution in [-0.4, -0.2) is 23.7 Å². The van der Waals surface area contributed by atoms with Crippen LogP contribution in [0.2, 0.25) is 0 Å². The molecule has 0 aromatic carbocycles. The van der Waals surface area contributed by atoms with Crippen molar-refractivity contribution in [2.75, 3.05) is 6.54 Å². The van der Waals surface area contributed by atoms with Gasteiger partial charge in [-0.2, -0.15) is 0 Å². The number of hydrogen-bond acceptors (Lipinski definition) is 3. The van der Waals surface area contributed by atoms with Gasteiger partial charge in [-0.1, -0.05) is 6.42 Å². The van der Waals surface area contributed by atoms with E-state index in [0.29, 0.717) is 25.1 Å². The Kier molecular flexibility index (Phi) is 3.78. The van der Waals surface area contributed by atoms with Gasteiger partial charge in [-0.05, 0) is 31.9 Å². The highest BCUT2D eigenvalue weighted by atomic mass is 16.4. The van der Waals surface area contributed by atoms with Crippen LogP contribution in [0.3, 0.4) is 0 Å². The molecule has 0 atom stereocenters. The summed E-state index contributed by atoms with van der Waals surface area (Å²) in [6.45, 7) is 2.29. The third-order valence-electron chi connectivity index (χ3n) is 3.57. The molecule has 19 heavy (non-hydrogen) atoms. The summed E-state index contributed by atoms with van der Waals surface area (Å²) in [5.41, 5.74) is -0.765. The molecule has 0 spiro atoms. The maximum atomic E-state index is 11.6. The smallest absolute Gasteiger partial charge is 0.315 e. The molecule has 1 fully saturated rings. The van der Waals surface area contributed by atoms with Gasteiger partial charge in [0, 0.05) is 6.54 Å². The molecule has 0 saturated heterocycles. The van der Waals surface area contributed by atoms with Crippen LogP contribution in [0.4, 0.5) is 4.79 Å². The lowest BCUT2D eigenvalue weighted by molar-refractivity contribution is -0.153. The molecule has 2 rings (SSSR count). The number of carboxylic acids is 1. The van der Waals surface area contributed by atoms with Crippen LogP contribution in [0.25, 0.3) is 0 Å². The summed E-state index contributed by atoms with van der Waals surface area (Å²) >= 11 is 0. The maximum absolute atomic E-state index is 11.6. The molecule has 1 aromatic heterocycles. The number of aryl methyl sites for hydroxylation is 1. The first kappa shape index (κ1) is 13.5. The van der Waals surface area contributed by atoms with Gasteiger partial charge in [0.25, 0.3) is 0 Å².